The van der Waals surface area contributed by atoms with E-state index in [1.54, 1.807) is 35.3 Å². The molecule has 0 spiro atoms. The third kappa shape index (κ3) is 3.36. The van der Waals surface area contributed by atoms with E-state index >= 15 is 0 Å². The van der Waals surface area contributed by atoms with Crippen LogP contribution in [0.15, 0.2) is 49.3 Å². The molecule has 1 amide bonds. The highest BCUT2D eigenvalue weighted by atomic mass is 35.5. The van der Waals surface area contributed by atoms with Crippen molar-refractivity contribution >= 4 is 23.3 Å². The van der Waals surface area contributed by atoms with Gasteiger partial charge in [0.05, 0.1) is 0 Å². The lowest BCUT2D eigenvalue weighted by Gasteiger charge is -2.35. The molecule has 0 unspecified atom stereocenters. The Balaban J connectivity index is 1.43. The average Bonchev–Trinajstić information content (AvgIpc) is 3.23. The molecule has 1 fully saturated rings. The Labute approximate surface area is 155 Å². The Kier molecular flexibility index (Phi) is 4.49. The van der Waals surface area contributed by atoms with Gasteiger partial charge in [-0.2, -0.15) is 5.10 Å². The van der Waals surface area contributed by atoms with E-state index in [0.717, 1.165) is 5.82 Å². The lowest BCUT2D eigenvalue weighted by molar-refractivity contribution is 0.0746. The Bertz CT molecular complexity index is 890. The van der Waals surface area contributed by atoms with E-state index in [0.29, 0.717) is 42.6 Å². The van der Waals surface area contributed by atoms with Crippen LogP contribution in [-0.4, -0.2) is 61.7 Å². The fourth-order valence-electron chi connectivity index (χ4n) is 2.88. The minimum Gasteiger partial charge on any atom is -0.353 e. The number of halogens is 1. The normalized spacial score (nSPS) is 14.5. The van der Waals surface area contributed by atoms with Crippen LogP contribution in [0.2, 0.25) is 5.02 Å². The highest BCUT2D eigenvalue weighted by Gasteiger charge is 2.23. The molecule has 0 aliphatic carbocycles. The van der Waals surface area contributed by atoms with Crippen molar-refractivity contribution in [2.24, 2.45) is 0 Å². The summed E-state index contributed by atoms with van der Waals surface area (Å²) in [4.78, 5) is 29.1. The van der Waals surface area contributed by atoms with Crippen molar-refractivity contribution in [2.75, 3.05) is 31.1 Å². The van der Waals surface area contributed by atoms with E-state index in [2.05, 4.69) is 25.0 Å². The van der Waals surface area contributed by atoms with Crippen molar-refractivity contribution in [3.8, 4) is 5.82 Å². The average molecular weight is 370 g/mol. The first kappa shape index (κ1) is 16.5. The molecule has 26 heavy (non-hydrogen) atoms. The molecule has 8 nitrogen and oxygen atoms in total. The summed E-state index contributed by atoms with van der Waals surface area (Å²) >= 11 is 5.89. The van der Waals surface area contributed by atoms with E-state index in [-0.39, 0.29) is 5.91 Å². The summed E-state index contributed by atoms with van der Waals surface area (Å²) in [6.45, 7) is 2.66. The first-order valence-electron chi connectivity index (χ1n) is 8.17. The highest BCUT2D eigenvalue weighted by molar-refractivity contribution is 6.30. The summed E-state index contributed by atoms with van der Waals surface area (Å²) in [6, 6.07) is 8.85. The second-order valence-corrected chi connectivity index (χ2v) is 6.30. The fourth-order valence-corrected chi connectivity index (χ4v) is 3.00. The van der Waals surface area contributed by atoms with E-state index in [1.165, 1.54) is 12.7 Å². The van der Waals surface area contributed by atoms with Gasteiger partial charge in [-0.1, -0.05) is 11.6 Å². The summed E-state index contributed by atoms with van der Waals surface area (Å²) in [7, 11) is 0. The highest BCUT2D eigenvalue weighted by Crippen LogP contribution is 2.17. The molecule has 2 aromatic heterocycles. The quantitative estimate of drug-likeness (QED) is 0.698. The number of amides is 1. The molecule has 9 heteroatoms. The van der Waals surface area contributed by atoms with Crippen molar-refractivity contribution in [1.82, 2.24) is 29.6 Å². The minimum absolute atomic E-state index is 0.0207. The third-order valence-electron chi connectivity index (χ3n) is 4.27. The molecule has 0 saturated carbocycles. The molecule has 1 aliphatic heterocycles. The largest absolute Gasteiger partial charge is 0.353 e. The zero-order chi connectivity index (χ0) is 17.9. The van der Waals surface area contributed by atoms with Crippen molar-refractivity contribution in [2.45, 2.75) is 0 Å². The Hall–Kier alpha value is -3.00. The molecule has 1 aliphatic rings. The van der Waals surface area contributed by atoms with Gasteiger partial charge in [0.15, 0.2) is 5.82 Å². The number of rotatable bonds is 3. The lowest BCUT2D eigenvalue weighted by Crippen LogP contribution is -2.49. The molecule has 4 rings (SSSR count). The van der Waals surface area contributed by atoms with Crippen LogP contribution in [0.25, 0.3) is 5.82 Å². The topological polar surface area (TPSA) is 80.0 Å². The summed E-state index contributed by atoms with van der Waals surface area (Å²) in [5.74, 6) is 1.49. The van der Waals surface area contributed by atoms with Gasteiger partial charge in [-0.15, -0.1) is 0 Å². The number of anilines is 1. The van der Waals surface area contributed by atoms with Crippen LogP contribution in [0.5, 0.6) is 0 Å². The molecule has 132 valence electrons. The molecule has 0 N–H and O–H groups in total. The monoisotopic (exact) mass is 369 g/mol. The molecule has 0 radical (unpaired) electrons. The van der Waals surface area contributed by atoms with E-state index in [9.17, 15) is 4.79 Å². The summed E-state index contributed by atoms with van der Waals surface area (Å²) in [5.41, 5.74) is 0.651. The molecule has 1 aromatic carbocycles. The first-order chi connectivity index (χ1) is 12.7. The molecular weight excluding hydrogens is 354 g/mol. The number of nitrogens with zero attached hydrogens (tertiary/aromatic N) is 7. The van der Waals surface area contributed by atoms with Crippen LogP contribution in [0.4, 0.5) is 5.82 Å². The molecule has 0 bridgehead atoms. The summed E-state index contributed by atoms with van der Waals surface area (Å²) in [6.07, 6.45) is 4.56. The van der Waals surface area contributed by atoms with E-state index in [4.69, 9.17) is 11.6 Å². The lowest BCUT2D eigenvalue weighted by atomic mass is 10.2. The van der Waals surface area contributed by atoms with Gasteiger partial charge < -0.3 is 9.80 Å². The second-order valence-electron chi connectivity index (χ2n) is 5.86. The van der Waals surface area contributed by atoms with E-state index in [1.807, 2.05) is 11.0 Å². The smallest absolute Gasteiger partial charge is 0.253 e. The van der Waals surface area contributed by atoms with Crippen LogP contribution in [0.3, 0.4) is 0 Å². The third-order valence-corrected chi connectivity index (χ3v) is 4.53. The van der Waals surface area contributed by atoms with Crippen LogP contribution < -0.4 is 4.90 Å². The Morgan fingerprint density at radius 2 is 1.69 bits per heavy atom. The van der Waals surface area contributed by atoms with Gasteiger partial charge in [-0.3, -0.25) is 4.79 Å². The maximum atomic E-state index is 12.6. The molecule has 3 heterocycles. The van der Waals surface area contributed by atoms with Gasteiger partial charge in [-0.05, 0) is 24.3 Å². The minimum atomic E-state index is 0.0207. The zero-order valence-electron chi connectivity index (χ0n) is 13.9. The second kappa shape index (κ2) is 7.09. The van der Waals surface area contributed by atoms with Crippen molar-refractivity contribution in [3.63, 3.8) is 0 Å². The van der Waals surface area contributed by atoms with Crippen LogP contribution in [0.1, 0.15) is 10.4 Å². The number of carbonyl (C=O) groups excluding carboxylic acids is 1. The molecule has 3 aromatic rings. The predicted octanol–water partition coefficient (Wildman–Crippen LogP) is 1.67. The standard InChI is InChI=1S/C17H16ClN7O/c18-14-3-1-13(2-4-14)17(26)24-7-5-23(6-8-24)15-9-16(21-11-20-15)25-12-19-10-22-25/h1-4,9-12H,5-8H2. The molecule has 0 atom stereocenters. The number of aromatic nitrogens is 5. The maximum absolute atomic E-state index is 12.6. The van der Waals surface area contributed by atoms with Gasteiger partial charge in [-0.25, -0.2) is 19.6 Å². The number of piperazine rings is 1. The number of benzene rings is 1. The number of hydrogen-bond donors (Lipinski definition) is 0. The first-order valence-corrected chi connectivity index (χ1v) is 8.55. The zero-order valence-corrected chi connectivity index (χ0v) is 14.6. The van der Waals surface area contributed by atoms with Crippen LogP contribution in [-0.2, 0) is 0 Å². The maximum Gasteiger partial charge on any atom is 0.253 e. The van der Waals surface area contributed by atoms with Crippen molar-refractivity contribution in [1.29, 1.82) is 0 Å². The van der Waals surface area contributed by atoms with Gasteiger partial charge in [0, 0.05) is 42.8 Å². The number of carbonyl (C=O) groups is 1. The van der Waals surface area contributed by atoms with Crippen LogP contribution in [0, 0.1) is 0 Å². The van der Waals surface area contributed by atoms with Crippen molar-refractivity contribution < 1.29 is 4.79 Å². The fraction of sp³-hybridized carbons (Fsp3) is 0.235. The van der Waals surface area contributed by atoms with Gasteiger partial charge in [0.1, 0.15) is 24.8 Å². The Morgan fingerprint density at radius 3 is 2.38 bits per heavy atom. The van der Waals surface area contributed by atoms with Gasteiger partial charge in [0.2, 0.25) is 0 Å². The molecule has 1 saturated heterocycles. The van der Waals surface area contributed by atoms with Crippen LogP contribution >= 0.6 is 11.6 Å². The van der Waals surface area contributed by atoms with Gasteiger partial charge in [0.25, 0.3) is 5.91 Å². The summed E-state index contributed by atoms with van der Waals surface area (Å²) < 4.78 is 1.59. The predicted molar refractivity (Wildman–Crippen MR) is 96.5 cm³/mol. The molecular formula is C17H16ClN7O. The Morgan fingerprint density at radius 1 is 0.962 bits per heavy atom. The van der Waals surface area contributed by atoms with Crippen molar-refractivity contribution in [3.05, 3.63) is 59.9 Å². The number of hydrogen-bond acceptors (Lipinski definition) is 6. The van der Waals surface area contributed by atoms with Gasteiger partial charge >= 0.3 is 0 Å². The van der Waals surface area contributed by atoms with E-state index < -0.39 is 0 Å². The summed E-state index contributed by atoms with van der Waals surface area (Å²) in [5, 5.41) is 4.71. The SMILES string of the molecule is O=C(c1ccc(Cl)cc1)N1CCN(c2cc(-n3cncn3)ncn2)CC1.